The van der Waals surface area contributed by atoms with Gasteiger partial charge in [-0.15, -0.1) is 11.3 Å². The maximum absolute atomic E-state index is 12.2. The molecule has 2 heterocycles. The molecule has 0 aliphatic rings. The molecule has 0 aliphatic heterocycles. The van der Waals surface area contributed by atoms with E-state index < -0.39 is 10.0 Å². The molecule has 1 N–H and O–H groups in total. The van der Waals surface area contributed by atoms with Gasteiger partial charge in [-0.2, -0.15) is 11.3 Å². The molecule has 0 unspecified atom stereocenters. The first-order chi connectivity index (χ1) is 10.1. The summed E-state index contributed by atoms with van der Waals surface area (Å²) < 4.78 is 27.6. The first kappa shape index (κ1) is 16.6. The number of likely N-dealkylation sites (N-methyl/N-ethyl adjacent to an activating group) is 1. The SMILES string of the molecule is CCN(CC)[C@@H](CNS(=O)(=O)c1cccs1)c1ccsc1. The third-order valence-corrected chi connectivity index (χ3v) is 6.93. The van der Waals surface area contributed by atoms with Crippen LogP contribution in [0.2, 0.25) is 0 Å². The summed E-state index contributed by atoms with van der Waals surface area (Å²) in [7, 11) is -3.41. The third kappa shape index (κ3) is 4.14. The fourth-order valence-electron chi connectivity index (χ4n) is 2.26. The molecule has 2 aromatic rings. The van der Waals surface area contributed by atoms with Crippen LogP contribution in [-0.2, 0) is 10.0 Å². The van der Waals surface area contributed by atoms with Crippen LogP contribution >= 0.6 is 22.7 Å². The van der Waals surface area contributed by atoms with Crippen LogP contribution in [0.4, 0.5) is 0 Å². The summed E-state index contributed by atoms with van der Waals surface area (Å²) in [6, 6.07) is 5.51. The number of nitrogens with zero attached hydrogens (tertiary/aromatic N) is 1. The zero-order valence-electron chi connectivity index (χ0n) is 12.2. The number of thiophene rings is 2. The van der Waals surface area contributed by atoms with E-state index in [0.717, 1.165) is 18.7 Å². The van der Waals surface area contributed by atoms with Crippen molar-refractivity contribution in [1.29, 1.82) is 0 Å². The van der Waals surface area contributed by atoms with E-state index in [4.69, 9.17) is 0 Å². The molecule has 2 aromatic heterocycles. The Labute approximate surface area is 134 Å². The summed E-state index contributed by atoms with van der Waals surface area (Å²) in [5.74, 6) is 0. The summed E-state index contributed by atoms with van der Waals surface area (Å²) in [6.07, 6.45) is 0. The van der Waals surface area contributed by atoms with Gasteiger partial charge < -0.3 is 0 Å². The van der Waals surface area contributed by atoms with Gasteiger partial charge in [0.25, 0.3) is 0 Å². The average Bonchev–Trinajstić information content (AvgIpc) is 3.15. The van der Waals surface area contributed by atoms with Crippen LogP contribution in [0.15, 0.2) is 38.5 Å². The van der Waals surface area contributed by atoms with E-state index in [0.29, 0.717) is 10.8 Å². The van der Waals surface area contributed by atoms with Crippen molar-refractivity contribution in [3.8, 4) is 0 Å². The first-order valence-electron chi connectivity index (χ1n) is 6.87. The maximum atomic E-state index is 12.2. The molecule has 0 saturated heterocycles. The van der Waals surface area contributed by atoms with Crippen molar-refractivity contribution in [2.45, 2.75) is 24.1 Å². The number of nitrogens with one attached hydrogen (secondary N) is 1. The lowest BCUT2D eigenvalue weighted by Crippen LogP contribution is -2.37. The molecule has 0 radical (unpaired) electrons. The van der Waals surface area contributed by atoms with Gasteiger partial charge in [0, 0.05) is 12.6 Å². The molecule has 0 saturated carbocycles. The van der Waals surface area contributed by atoms with Crippen LogP contribution in [0.5, 0.6) is 0 Å². The largest absolute Gasteiger partial charge is 0.296 e. The van der Waals surface area contributed by atoms with Gasteiger partial charge in [-0.3, -0.25) is 4.90 Å². The van der Waals surface area contributed by atoms with Crippen molar-refractivity contribution >= 4 is 32.7 Å². The summed E-state index contributed by atoms with van der Waals surface area (Å²) in [4.78, 5) is 2.26. The van der Waals surface area contributed by atoms with Crippen molar-refractivity contribution in [2.75, 3.05) is 19.6 Å². The lowest BCUT2D eigenvalue weighted by atomic mass is 10.1. The van der Waals surface area contributed by atoms with E-state index in [1.165, 1.54) is 11.3 Å². The smallest absolute Gasteiger partial charge is 0.250 e. The summed E-state index contributed by atoms with van der Waals surface area (Å²) in [5, 5.41) is 5.89. The fourth-order valence-corrected chi connectivity index (χ4v) is 5.05. The predicted molar refractivity (Wildman–Crippen MR) is 89.5 cm³/mol. The zero-order valence-corrected chi connectivity index (χ0v) is 14.6. The molecule has 0 aromatic carbocycles. The highest BCUT2D eigenvalue weighted by Gasteiger charge is 2.22. The zero-order chi connectivity index (χ0) is 15.3. The fraction of sp³-hybridized carbons (Fsp3) is 0.429. The summed E-state index contributed by atoms with van der Waals surface area (Å²) in [6.45, 7) is 6.35. The quantitative estimate of drug-likeness (QED) is 0.800. The van der Waals surface area contributed by atoms with Crippen molar-refractivity contribution in [2.24, 2.45) is 0 Å². The van der Waals surface area contributed by atoms with E-state index in [9.17, 15) is 8.42 Å². The van der Waals surface area contributed by atoms with E-state index in [2.05, 4.69) is 34.9 Å². The molecular weight excluding hydrogens is 324 g/mol. The van der Waals surface area contributed by atoms with Gasteiger partial charge in [0.05, 0.1) is 0 Å². The lowest BCUT2D eigenvalue weighted by molar-refractivity contribution is 0.220. The second kappa shape index (κ2) is 7.51. The number of rotatable bonds is 8. The molecule has 21 heavy (non-hydrogen) atoms. The second-order valence-electron chi connectivity index (χ2n) is 4.58. The Morgan fingerprint density at radius 3 is 2.52 bits per heavy atom. The Morgan fingerprint density at radius 2 is 2.00 bits per heavy atom. The molecule has 1 atom stereocenters. The summed E-state index contributed by atoms with van der Waals surface area (Å²) in [5.41, 5.74) is 1.16. The minimum atomic E-state index is -3.41. The predicted octanol–water partition coefficient (Wildman–Crippen LogP) is 3.17. The van der Waals surface area contributed by atoms with Gasteiger partial charge in [-0.1, -0.05) is 19.9 Å². The van der Waals surface area contributed by atoms with E-state index >= 15 is 0 Å². The molecule has 0 spiro atoms. The van der Waals surface area contributed by atoms with Crippen molar-refractivity contribution in [3.63, 3.8) is 0 Å². The number of sulfonamides is 1. The number of hydrogen-bond donors (Lipinski definition) is 1. The van der Waals surface area contributed by atoms with Crippen LogP contribution in [0.1, 0.15) is 25.5 Å². The highest BCUT2D eigenvalue weighted by Crippen LogP contribution is 2.23. The first-order valence-corrected chi connectivity index (χ1v) is 10.2. The van der Waals surface area contributed by atoms with E-state index in [1.807, 2.05) is 5.38 Å². The van der Waals surface area contributed by atoms with E-state index in [-0.39, 0.29) is 6.04 Å². The molecule has 0 fully saturated rings. The Balaban J connectivity index is 2.13. The minimum absolute atomic E-state index is 0.0704. The molecular formula is C14H20N2O2S3. The van der Waals surface area contributed by atoms with Crippen LogP contribution in [-0.4, -0.2) is 33.0 Å². The van der Waals surface area contributed by atoms with Gasteiger partial charge in [-0.05, 0) is 46.9 Å². The monoisotopic (exact) mass is 344 g/mol. The second-order valence-corrected chi connectivity index (χ2v) is 8.30. The van der Waals surface area contributed by atoms with Crippen LogP contribution in [0.3, 0.4) is 0 Å². The Bertz CT molecular complexity index is 617. The number of hydrogen-bond acceptors (Lipinski definition) is 5. The van der Waals surface area contributed by atoms with Crippen LogP contribution in [0.25, 0.3) is 0 Å². The van der Waals surface area contributed by atoms with Crippen molar-refractivity contribution in [3.05, 3.63) is 39.9 Å². The standard InChI is InChI=1S/C14H20N2O2S3/c1-3-16(4-2)13(12-7-9-19-11-12)10-15-21(17,18)14-6-5-8-20-14/h5-9,11,13,15H,3-4,10H2,1-2H3/t13-/m0/s1. The van der Waals surface area contributed by atoms with Gasteiger partial charge in [0.2, 0.25) is 10.0 Å². The van der Waals surface area contributed by atoms with Crippen LogP contribution < -0.4 is 4.72 Å². The van der Waals surface area contributed by atoms with Gasteiger partial charge >= 0.3 is 0 Å². The maximum Gasteiger partial charge on any atom is 0.250 e. The Hall–Kier alpha value is -0.730. The Kier molecular flexibility index (Phi) is 5.95. The van der Waals surface area contributed by atoms with Crippen LogP contribution in [0, 0.1) is 0 Å². The van der Waals surface area contributed by atoms with Crippen molar-refractivity contribution in [1.82, 2.24) is 9.62 Å². The molecule has 116 valence electrons. The topological polar surface area (TPSA) is 49.4 Å². The summed E-state index contributed by atoms with van der Waals surface area (Å²) >= 11 is 2.87. The molecule has 7 heteroatoms. The average molecular weight is 345 g/mol. The molecule has 0 amide bonds. The highest BCUT2D eigenvalue weighted by atomic mass is 32.2. The molecule has 0 aliphatic carbocycles. The minimum Gasteiger partial charge on any atom is -0.296 e. The van der Waals surface area contributed by atoms with Gasteiger partial charge in [0.15, 0.2) is 0 Å². The van der Waals surface area contributed by atoms with Crippen molar-refractivity contribution < 1.29 is 8.42 Å². The van der Waals surface area contributed by atoms with Gasteiger partial charge in [-0.25, -0.2) is 13.1 Å². The van der Waals surface area contributed by atoms with Gasteiger partial charge in [0.1, 0.15) is 4.21 Å². The molecule has 4 nitrogen and oxygen atoms in total. The molecule has 0 bridgehead atoms. The molecule has 2 rings (SSSR count). The highest BCUT2D eigenvalue weighted by molar-refractivity contribution is 7.91. The lowest BCUT2D eigenvalue weighted by Gasteiger charge is -2.29. The normalized spacial score (nSPS) is 13.7. The van der Waals surface area contributed by atoms with E-state index in [1.54, 1.807) is 28.8 Å². The third-order valence-electron chi connectivity index (χ3n) is 3.41. The Morgan fingerprint density at radius 1 is 1.24 bits per heavy atom.